The molecule has 16 heavy (non-hydrogen) atoms. The molecule has 1 aromatic heterocycles. The first-order chi connectivity index (χ1) is 7.76. The van der Waals surface area contributed by atoms with Gasteiger partial charge in [0.15, 0.2) is 0 Å². The van der Waals surface area contributed by atoms with Gasteiger partial charge in [0.1, 0.15) is 16.4 Å². The minimum Gasteiger partial charge on any atom is -0.496 e. The number of thiazole rings is 1. The van der Waals surface area contributed by atoms with Crippen LogP contribution in [0.4, 0.5) is 5.00 Å². The highest BCUT2D eigenvalue weighted by Crippen LogP contribution is 2.31. The molecule has 1 aromatic carbocycles. The number of nitrogens with zero attached hydrogens (tertiary/aromatic N) is 1. The molecule has 0 aliphatic heterocycles. The van der Waals surface area contributed by atoms with Crippen LogP contribution >= 0.6 is 11.3 Å². The van der Waals surface area contributed by atoms with Crippen molar-refractivity contribution in [3.63, 3.8) is 0 Å². The summed E-state index contributed by atoms with van der Waals surface area (Å²) >= 11 is 1.46. The molecule has 2 N–H and O–H groups in total. The van der Waals surface area contributed by atoms with Crippen molar-refractivity contribution in [1.29, 1.82) is 0 Å². The Hall–Kier alpha value is -1.55. The Bertz CT molecular complexity index is 494. The number of aromatic nitrogens is 1. The normalized spacial score (nSPS) is 10.4. The molecule has 0 radical (unpaired) electrons. The van der Waals surface area contributed by atoms with Crippen molar-refractivity contribution < 1.29 is 4.74 Å². The number of ether oxygens (including phenoxy) is 1. The zero-order valence-corrected chi connectivity index (χ0v) is 10.2. The smallest absolute Gasteiger partial charge is 0.122 e. The Balaban J connectivity index is 2.48. The second-order valence-corrected chi connectivity index (χ2v) is 4.33. The molecule has 0 bridgehead atoms. The molecule has 0 atom stereocenters. The number of hydrogen-bond donors (Lipinski definition) is 1. The third-order valence-corrected chi connectivity index (χ3v) is 3.19. The average Bonchev–Trinajstić information content (AvgIpc) is 2.74. The van der Waals surface area contributed by atoms with Crippen LogP contribution in [0, 0.1) is 0 Å². The van der Waals surface area contributed by atoms with E-state index in [4.69, 9.17) is 10.5 Å². The fraction of sp³-hybridized carbons (Fsp3) is 0.250. The van der Waals surface area contributed by atoms with E-state index in [0.29, 0.717) is 0 Å². The summed E-state index contributed by atoms with van der Waals surface area (Å²) in [7, 11) is 1.69. The number of methoxy groups -OCH3 is 1. The largest absolute Gasteiger partial charge is 0.496 e. The van der Waals surface area contributed by atoms with Crippen LogP contribution in [0.1, 0.15) is 12.5 Å². The van der Waals surface area contributed by atoms with Crippen LogP contribution in [0.2, 0.25) is 0 Å². The molecule has 84 valence electrons. The molecule has 0 amide bonds. The van der Waals surface area contributed by atoms with Crippen LogP contribution in [0.15, 0.2) is 23.7 Å². The molecule has 3 nitrogen and oxygen atoms in total. The molecular formula is C12H14N2OS. The van der Waals surface area contributed by atoms with E-state index in [0.717, 1.165) is 28.4 Å². The van der Waals surface area contributed by atoms with E-state index in [1.807, 2.05) is 12.1 Å². The van der Waals surface area contributed by atoms with Gasteiger partial charge in [0, 0.05) is 5.56 Å². The summed E-state index contributed by atoms with van der Waals surface area (Å²) in [4.78, 5) is 4.27. The van der Waals surface area contributed by atoms with Gasteiger partial charge >= 0.3 is 0 Å². The van der Waals surface area contributed by atoms with Crippen molar-refractivity contribution in [3.8, 4) is 17.0 Å². The molecule has 1 heterocycles. The van der Waals surface area contributed by atoms with Crippen molar-refractivity contribution >= 4 is 16.3 Å². The number of rotatable bonds is 3. The third kappa shape index (κ3) is 1.88. The number of nitrogen functional groups attached to an aromatic ring is 1. The Morgan fingerprint density at radius 3 is 2.81 bits per heavy atom. The fourth-order valence-corrected chi connectivity index (χ4v) is 2.23. The zero-order valence-electron chi connectivity index (χ0n) is 9.36. The minimum absolute atomic E-state index is 0.757. The summed E-state index contributed by atoms with van der Waals surface area (Å²) in [6.07, 6.45) is 0.932. The topological polar surface area (TPSA) is 48.1 Å². The summed E-state index contributed by atoms with van der Waals surface area (Å²) in [5.74, 6) is 0.917. The molecule has 0 saturated carbocycles. The highest BCUT2D eigenvalue weighted by Gasteiger charge is 2.08. The molecule has 0 aliphatic rings. The Morgan fingerprint density at radius 1 is 1.44 bits per heavy atom. The minimum atomic E-state index is 0.757. The van der Waals surface area contributed by atoms with E-state index in [2.05, 4.69) is 18.0 Å². The van der Waals surface area contributed by atoms with Crippen LogP contribution in [0.3, 0.4) is 0 Å². The van der Waals surface area contributed by atoms with Gasteiger partial charge in [-0.3, -0.25) is 0 Å². The summed E-state index contributed by atoms with van der Waals surface area (Å²) in [6.45, 7) is 2.10. The molecular weight excluding hydrogens is 220 g/mol. The van der Waals surface area contributed by atoms with Crippen LogP contribution in [-0.2, 0) is 6.42 Å². The van der Waals surface area contributed by atoms with E-state index < -0.39 is 0 Å². The van der Waals surface area contributed by atoms with Crippen LogP contribution in [-0.4, -0.2) is 12.1 Å². The molecule has 4 heteroatoms. The standard InChI is InChI=1S/C12H14N2OS/c1-3-8-6-9(4-5-10(8)15-2)11-12(13)16-7-14-11/h4-7H,3,13H2,1-2H3. The van der Waals surface area contributed by atoms with Crippen LogP contribution < -0.4 is 10.5 Å². The fourth-order valence-electron chi connectivity index (χ4n) is 1.67. The summed E-state index contributed by atoms with van der Waals surface area (Å²) < 4.78 is 5.29. The Morgan fingerprint density at radius 2 is 2.25 bits per heavy atom. The van der Waals surface area contributed by atoms with Crippen LogP contribution in [0.25, 0.3) is 11.3 Å². The Labute approximate surface area is 98.9 Å². The van der Waals surface area contributed by atoms with Crippen molar-refractivity contribution in [2.45, 2.75) is 13.3 Å². The maximum atomic E-state index is 5.86. The second-order valence-electron chi connectivity index (χ2n) is 3.45. The van der Waals surface area contributed by atoms with Crippen molar-refractivity contribution in [3.05, 3.63) is 29.3 Å². The van der Waals surface area contributed by atoms with Crippen molar-refractivity contribution in [2.24, 2.45) is 0 Å². The second kappa shape index (κ2) is 4.53. The number of nitrogens with two attached hydrogens (primary N) is 1. The van der Waals surface area contributed by atoms with Gasteiger partial charge in [-0.05, 0) is 30.2 Å². The first-order valence-corrected chi connectivity index (χ1v) is 6.00. The quantitative estimate of drug-likeness (QED) is 0.888. The van der Waals surface area contributed by atoms with Gasteiger partial charge in [0.05, 0.1) is 12.6 Å². The lowest BCUT2D eigenvalue weighted by molar-refractivity contribution is 0.410. The molecule has 0 aliphatic carbocycles. The van der Waals surface area contributed by atoms with Gasteiger partial charge in [0.25, 0.3) is 0 Å². The van der Waals surface area contributed by atoms with Crippen molar-refractivity contribution in [2.75, 3.05) is 12.8 Å². The predicted octanol–water partition coefficient (Wildman–Crippen LogP) is 2.96. The molecule has 0 spiro atoms. The highest BCUT2D eigenvalue weighted by atomic mass is 32.1. The van der Waals surface area contributed by atoms with E-state index >= 15 is 0 Å². The summed E-state index contributed by atoms with van der Waals surface area (Å²) in [5.41, 5.74) is 10.7. The number of benzene rings is 1. The maximum absolute atomic E-state index is 5.86. The van der Waals surface area contributed by atoms with E-state index in [-0.39, 0.29) is 0 Å². The monoisotopic (exact) mass is 234 g/mol. The van der Waals surface area contributed by atoms with Gasteiger partial charge in [-0.15, -0.1) is 11.3 Å². The van der Waals surface area contributed by atoms with Gasteiger partial charge in [-0.2, -0.15) is 0 Å². The maximum Gasteiger partial charge on any atom is 0.122 e. The summed E-state index contributed by atoms with van der Waals surface area (Å²) in [5, 5.41) is 0.757. The van der Waals surface area contributed by atoms with Gasteiger partial charge in [-0.1, -0.05) is 6.92 Å². The lowest BCUT2D eigenvalue weighted by Crippen LogP contribution is -1.92. The van der Waals surface area contributed by atoms with Gasteiger partial charge in [0.2, 0.25) is 0 Å². The lowest BCUT2D eigenvalue weighted by Gasteiger charge is -2.08. The van der Waals surface area contributed by atoms with E-state index in [9.17, 15) is 0 Å². The van der Waals surface area contributed by atoms with Gasteiger partial charge < -0.3 is 10.5 Å². The molecule has 0 fully saturated rings. The Kier molecular flexibility index (Phi) is 3.10. The number of hydrogen-bond acceptors (Lipinski definition) is 4. The zero-order chi connectivity index (χ0) is 11.5. The molecule has 0 saturated heterocycles. The predicted molar refractivity (Wildman–Crippen MR) is 67.9 cm³/mol. The SMILES string of the molecule is CCc1cc(-c2ncsc2N)ccc1OC. The first kappa shape index (κ1) is 11.0. The van der Waals surface area contributed by atoms with Crippen LogP contribution in [0.5, 0.6) is 5.75 Å². The average molecular weight is 234 g/mol. The van der Waals surface area contributed by atoms with Crippen molar-refractivity contribution in [1.82, 2.24) is 4.98 Å². The summed E-state index contributed by atoms with van der Waals surface area (Å²) in [6, 6.07) is 6.04. The first-order valence-electron chi connectivity index (χ1n) is 5.12. The number of anilines is 1. The molecule has 0 unspecified atom stereocenters. The van der Waals surface area contributed by atoms with E-state index in [1.165, 1.54) is 16.9 Å². The molecule has 2 rings (SSSR count). The molecule has 2 aromatic rings. The van der Waals surface area contributed by atoms with Gasteiger partial charge in [-0.25, -0.2) is 4.98 Å². The van der Waals surface area contributed by atoms with E-state index in [1.54, 1.807) is 12.6 Å². The third-order valence-electron chi connectivity index (χ3n) is 2.53. The number of aryl methyl sites for hydroxylation is 1. The lowest BCUT2D eigenvalue weighted by atomic mass is 10.1. The highest BCUT2D eigenvalue weighted by molar-refractivity contribution is 7.14.